The first kappa shape index (κ1) is 16.4. The normalized spacial score (nSPS) is 10.5. The number of hydrazine groups is 1. The summed E-state index contributed by atoms with van der Waals surface area (Å²) in [5.41, 5.74) is 6.11. The van der Waals surface area contributed by atoms with E-state index in [1.54, 1.807) is 19.9 Å². The van der Waals surface area contributed by atoms with Crippen molar-refractivity contribution < 1.29 is 14.4 Å². The predicted molar refractivity (Wildman–Crippen MR) is 79.8 cm³/mol. The molecule has 0 fully saturated rings. The number of hydrogen-bond donors (Lipinski definition) is 3. The molecule has 0 spiro atoms. The summed E-state index contributed by atoms with van der Waals surface area (Å²) in [5, 5.41) is 2.41. The Labute approximate surface area is 123 Å². The van der Waals surface area contributed by atoms with Gasteiger partial charge in [-0.05, 0) is 38.0 Å². The molecule has 0 heterocycles. The smallest absolute Gasteiger partial charge is 0.327 e. The molecule has 0 saturated carbocycles. The van der Waals surface area contributed by atoms with Crippen molar-refractivity contribution in [2.45, 2.75) is 26.8 Å². The van der Waals surface area contributed by atoms with Gasteiger partial charge in [0.15, 0.2) is 0 Å². The third-order valence-corrected chi connectivity index (χ3v) is 2.53. The van der Waals surface area contributed by atoms with Gasteiger partial charge >= 0.3 is 11.8 Å². The van der Waals surface area contributed by atoms with E-state index in [0.29, 0.717) is 0 Å². The van der Waals surface area contributed by atoms with Crippen LogP contribution in [0, 0.1) is 6.92 Å². The highest BCUT2D eigenvalue weighted by Crippen LogP contribution is 2.08. The lowest BCUT2D eigenvalue weighted by Gasteiger charge is -2.08. The van der Waals surface area contributed by atoms with E-state index in [1.165, 1.54) is 6.08 Å². The molecule has 1 rings (SSSR count). The van der Waals surface area contributed by atoms with Crippen LogP contribution in [0.1, 0.15) is 25.0 Å². The van der Waals surface area contributed by atoms with Crippen LogP contribution < -0.4 is 16.2 Å². The molecule has 0 aliphatic heterocycles. The summed E-state index contributed by atoms with van der Waals surface area (Å²) < 4.78 is 0. The monoisotopic (exact) mass is 289 g/mol. The summed E-state index contributed by atoms with van der Waals surface area (Å²) in [6.45, 7) is 5.39. The highest BCUT2D eigenvalue weighted by molar-refractivity contribution is 6.35. The molecular weight excluding hydrogens is 270 g/mol. The molecule has 0 bridgehead atoms. The highest BCUT2D eigenvalue weighted by Gasteiger charge is 2.14. The molecule has 6 nitrogen and oxygen atoms in total. The summed E-state index contributed by atoms with van der Waals surface area (Å²) in [4.78, 5) is 34.2. The topological polar surface area (TPSA) is 87.3 Å². The van der Waals surface area contributed by atoms with Gasteiger partial charge in [-0.15, -0.1) is 0 Å². The van der Waals surface area contributed by atoms with E-state index in [-0.39, 0.29) is 6.04 Å². The zero-order valence-electron chi connectivity index (χ0n) is 12.3. The minimum absolute atomic E-state index is 0.153. The van der Waals surface area contributed by atoms with Gasteiger partial charge < -0.3 is 5.32 Å². The van der Waals surface area contributed by atoms with Crippen molar-refractivity contribution in [3.05, 3.63) is 41.5 Å². The van der Waals surface area contributed by atoms with E-state index in [2.05, 4.69) is 10.7 Å². The van der Waals surface area contributed by atoms with E-state index >= 15 is 0 Å². The minimum Gasteiger partial charge on any atom is -0.346 e. The van der Waals surface area contributed by atoms with Crippen molar-refractivity contribution in [2.24, 2.45) is 0 Å². The molecular formula is C15H19N3O3. The Morgan fingerprint density at radius 2 is 1.71 bits per heavy atom. The van der Waals surface area contributed by atoms with Gasteiger partial charge in [0, 0.05) is 12.1 Å². The maximum atomic E-state index is 11.5. The first-order valence-electron chi connectivity index (χ1n) is 6.54. The summed E-state index contributed by atoms with van der Waals surface area (Å²) in [5.74, 6) is -2.24. The Morgan fingerprint density at radius 3 is 2.33 bits per heavy atom. The minimum atomic E-state index is -0.915. The highest BCUT2D eigenvalue weighted by atomic mass is 16.2. The second-order valence-corrected chi connectivity index (χ2v) is 4.76. The maximum Gasteiger partial charge on any atom is 0.327 e. The van der Waals surface area contributed by atoms with Crippen LogP contribution in [-0.4, -0.2) is 23.8 Å². The number of nitrogens with one attached hydrogen (secondary N) is 3. The van der Waals surface area contributed by atoms with E-state index < -0.39 is 17.7 Å². The largest absolute Gasteiger partial charge is 0.346 e. The number of hydrogen-bond acceptors (Lipinski definition) is 3. The number of carbonyl (C=O) groups is 3. The van der Waals surface area contributed by atoms with E-state index in [9.17, 15) is 14.4 Å². The van der Waals surface area contributed by atoms with Gasteiger partial charge in [-0.1, -0.05) is 24.3 Å². The number of carbonyl (C=O) groups excluding carboxylic acids is 3. The summed E-state index contributed by atoms with van der Waals surface area (Å²) >= 11 is 0. The average Bonchev–Trinajstić information content (AvgIpc) is 2.43. The van der Waals surface area contributed by atoms with Gasteiger partial charge in [-0.25, -0.2) is 0 Å². The fourth-order valence-corrected chi connectivity index (χ4v) is 1.48. The summed E-state index contributed by atoms with van der Waals surface area (Å²) in [7, 11) is 0. The molecule has 0 aliphatic carbocycles. The van der Waals surface area contributed by atoms with Crippen LogP contribution in [0.2, 0.25) is 0 Å². The molecule has 112 valence electrons. The van der Waals surface area contributed by atoms with Gasteiger partial charge in [-0.3, -0.25) is 25.2 Å². The Bertz CT molecular complexity index is 565. The fourth-order valence-electron chi connectivity index (χ4n) is 1.48. The zero-order valence-corrected chi connectivity index (χ0v) is 12.3. The lowest BCUT2D eigenvalue weighted by molar-refractivity contribution is -0.140. The average molecular weight is 289 g/mol. The zero-order chi connectivity index (χ0) is 15.8. The molecule has 21 heavy (non-hydrogen) atoms. The van der Waals surface area contributed by atoms with Crippen LogP contribution in [0.4, 0.5) is 0 Å². The predicted octanol–water partition coefficient (Wildman–Crippen LogP) is 0.680. The van der Waals surface area contributed by atoms with Gasteiger partial charge in [0.2, 0.25) is 0 Å². The lowest BCUT2D eigenvalue weighted by Crippen LogP contribution is -2.49. The van der Waals surface area contributed by atoms with Gasteiger partial charge in [0.1, 0.15) is 0 Å². The van der Waals surface area contributed by atoms with E-state index in [4.69, 9.17) is 0 Å². The Morgan fingerprint density at radius 1 is 1.05 bits per heavy atom. The van der Waals surface area contributed by atoms with Crippen LogP contribution in [0.25, 0.3) is 6.08 Å². The molecule has 1 aromatic rings. The number of rotatable bonds is 3. The molecule has 0 unspecified atom stereocenters. The van der Waals surface area contributed by atoms with Gasteiger partial charge in [0.25, 0.3) is 5.91 Å². The molecule has 6 heteroatoms. The number of amides is 3. The summed E-state index contributed by atoms with van der Waals surface area (Å²) in [6.07, 6.45) is 2.91. The Hall–Kier alpha value is -2.63. The number of benzene rings is 1. The van der Waals surface area contributed by atoms with Crippen molar-refractivity contribution >= 4 is 23.8 Å². The molecule has 0 aromatic heterocycles. The van der Waals surface area contributed by atoms with Crippen LogP contribution >= 0.6 is 0 Å². The molecule has 0 saturated heterocycles. The Kier molecular flexibility index (Phi) is 6.13. The molecule has 3 N–H and O–H groups in total. The summed E-state index contributed by atoms with van der Waals surface area (Å²) in [6, 6.07) is 7.41. The van der Waals surface area contributed by atoms with Crippen LogP contribution in [0.5, 0.6) is 0 Å². The standard InChI is InChI=1S/C15H19N3O3/c1-10(2)16-14(20)15(21)18-17-13(19)9-8-12-7-5-4-6-11(12)3/h4-10H,1-3H3,(H,16,20)(H,17,19)(H,18,21)/b9-8+. The third-order valence-electron chi connectivity index (χ3n) is 2.53. The number of aryl methyl sites for hydroxylation is 1. The second kappa shape index (κ2) is 7.84. The van der Waals surface area contributed by atoms with E-state index in [0.717, 1.165) is 11.1 Å². The van der Waals surface area contributed by atoms with Crippen LogP contribution in [0.3, 0.4) is 0 Å². The lowest BCUT2D eigenvalue weighted by atomic mass is 10.1. The first-order valence-corrected chi connectivity index (χ1v) is 6.54. The van der Waals surface area contributed by atoms with Crippen molar-refractivity contribution in [2.75, 3.05) is 0 Å². The van der Waals surface area contributed by atoms with Gasteiger partial charge in [0.05, 0.1) is 0 Å². The molecule has 0 radical (unpaired) electrons. The molecule has 1 aromatic carbocycles. The van der Waals surface area contributed by atoms with Crippen LogP contribution in [-0.2, 0) is 14.4 Å². The second-order valence-electron chi connectivity index (χ2n) is 4.76. The molecule has 3 amide bonds. The van der Waals surface area contributed by atoms with Gasteiger partial charge in [-0.2, -0.15) is 0 Å². The quantitative estimate of drug-likeness (QED) is 0.434. The molecule has 0 atom stereocenters. The van der Waals surface area contributed by atoms with Crippen molar-refractivity contribution in [1.82, 2.24) is 16.2 Å². The first-order chi connectivity index (χ1) is 9.90. The third kappa shape index (κ3) is 5.90. The SMILES string of the molecule is Cc1ccccc1/C=C/C(=O)NNC(=O)C(=O)NC(C)C. The van der Waals surface area contributed by atoms with Crippen molar-refractivity contribution in [3.63, 3.8) is 0 Å². The van der Waals surface area contributed by atoms with Crippen molar-refractivity contribution in [1.29, 1.82) is 0 Å². The fraction of sp³-hybridized carbons (Fsp3) is 0.267. The van der Waals surface area contributed by atoms with Crippen LogP contribution in [0.15, 0.2) is 30.3 Å². The molecule has 0 aliphatic rings. The van der Waals surface area contributed by atoms with E-state index in [1.807, 2.05) is 36.6 Å². The Balaban J connectivity index is 2.46. The van der Waals surface area contributed by atoms with Crippen molar-refractivity contribution in [3.8, 4) is 0 Å². The maximum absolute atomic E-state index is 11.5.